The van der Waals surface area contributed by atoms with Gasteiger partial charge in [0.05, 0.1) is 0 Å². The number of aromatic nitrogens is 2. The topological polar surface area (TPSA) is 55.0 Å². The Labute approximate surface area is 78.8 Å². The number of nitrogens with two attached hydrogens (primary N) is 1. The molecular weight excluding hydrogens is 164 g/mol. The Balaban J connectivity index is 2.79. The van der Waals surface area contributed by atoms with Crippen LogP contribution in [0, 0.1) is 0 Å². The fraction of sp³-hybridized carbons (Fsp3) is 0.556. The molecule has 0 aliphatic heterocycles. The summed E-state index contributed by atoms with van der Waals surface area (Å²) in [5, 5.41) is 0. The van der Waals surface area contributed by atoms with Crippen molar-refractivity contribution in [1.82, 2.24) is 9.97 Å². The molecule has 1 rings (SSSR count). The third-order valence-corrected chi connectivity index (χ3v) is 1.70. The summed E-state index contributed by atoms with van der Waals surface area (Å²) in [7, 11) is 3.91. The van der Waals surface area contributed by atoms with E-state index in [1.807, 2.05) is 32.0 Å². The lowest BCUT2D eigenvalue weighted by molar-refractivity contribution is 0.719. The Kier molecular flexibility index (Phi) is 3.19. The molecular formula is C9H16N4. The molecule has 0 aliphatic carbocycles. The summed E-state index contributed by atoms with van der Waals surface area (Å²) in [5.74, 6) is 0.922. The zero-order valence-electron chi connectivity index (χ0n) is 8.36. The third-order valence-electron chi connectivity index (χ3n) is 1.70. The van der Waals surface area contributed by atoms with Gasteiger partial charge in [0.25, 0.3) is 0 Å². The molecule has 1 aromatic rings. The molecule has 0 radical (unpaired) electrons. The SMILES string of the molecule is CC(N)Cc1cc(N(C)C)ncn1. The van der Waals surface area contributed by atoms with E-state index in [9.17, 15) is 0 Å². The van der Waals surface area contributed by atoms with Crippen LogP contribution < -0.4 is 10.6 Å². The highest BCUT2D eigenvalue weighted by Gasteiger charge is 2.02. The Morgan fingerprint density at radius 2 is 2.15 bits per heavy atom. The van der Waals surface area contributed by atoms with E-state index in [1.54, 1.807) is 6.33 Å². The molecule has 1 heterocycles. The van der Waals surface area contributed by atoms with Gasteiger partial charge in [0.15, 0.2) is 0 Å². The van der Waals surface area contributed by atoms with Crippen LogP contribution in [0.25, 0.3) is 0 Å². The number of hydrogen-bond acceptors (Lipinski definition) is 4. The maximum absolute atomic E-state index is 5.68. The number of nitrogens with zero attached hydrogens (tertiary/aromatic N) is 3. The van der Waals surface area contributed by atoms with Gasteiger partial charge in [0.2, 0.25) is 0 Å². The van der Waals surface area contributed by atoms with Crippen molar-refractivity contribution >= 4 is 5.82 Å². The lowest BCUT2D eigenvalue weighted by Crippen LogP contribution is -2.19. The first-order valence-electron chi connectivity index (χ1n) is 4.33. The Morgan fingerprint density at radius 3 is 2.69 bits per heavy atom. The molecule has 0 bridgehead atoms. The van der Waals surface area contributed by atoms with Crippen molar-refractivity contribution in [2.75, 3.05) is 19.0 Å². The lowest BCUT2D eigenvalue weighted by atomic mass is 10.2. The van der Waals surface area contributed by atoms with Gasteiger partial charge in [0.1, 0.15) is 12.1 Å². The van der Waals surface area contributed by atoms with Crippen LogP contribution in [-0.4, -0.2) is 30.1 Å². The van der Waals surface area contributed by atoms with Gasteiger partial charge in [0, 0.05) is 38.3 Å². The van der Waals surface area contributed by atoms with Crippen LogP contribution in [0.3, 0.4) is 0 Å². The molecule has 0 saturated carbocycles. The predicted molar refractivity (Wildman–Crippen MR) is 53.7 cm³/mol. The standard InChI is InChI=1S/C9H16N4/c1-7(10)4-8-5-9(13(2)3)12-6-11-8/h5-7H,4,10H2,1-3H3. The van der Waals surface area contributed by atoms with E-state index in [2.05, 4.69) is 9.97 Å². The molecule has 0 aromatic carbocycles. The number of hydrogen-bond donors (Lipinski definition) is 1. The predicted octanol–water partition coefficient (Wildman–Crippen LogP) is 0.432. The fourth-order valence-corrected chi connectivity index (χ4v) is 1.07. The maximum atomic E-state index is 5.68. The van der Waals surface area contributed by atoms with Crippen molar-refractivity contribution in [2.45, 2.75) is 19.4 Å². The van der Waals surface area contributed by atoms with Crippen molar-refractivity contribution in [3.05, 3.63) is 18.1 Å². The molecule has 1 aromatic heterocycles. The van der Waals surface area contributed by atoms with E-state index in [1.165, 1.54) is 0 Å². The molecule has 0 spiro atoms. The lowest BCUT2D eigenvalue weighted by Gasteiger charge is -2.12. The Morgan fingerprint density at radius 1 is 1.46 bits per heavy atom. The van der Waals surface area contributed by atoms with Crippen LogP contribution in [0.1, 0.15) is 12.6 Å². The van der Waals surface area contributed by atoms with Crippen LogP contribution in [-0.2, 0) is 6.42 Å². The largest absolute Gasteiger partial charge is 0.363 e. The van der Waals surface area contributed by atoms with E-state index in [4.69, 9.17) is 5.73 Å². The van der Waals surface area contributed by atoms with Crippen LogP contribution in [0.2, 0.25) is 0 Å². The van der Waals surface area contributed by atoms with Gasteiger partial charge in [-0.2, -0.15) is 0 Å². The molecule has 4 nitrogen and oxygen atoms in total. The van der Waals surface area contributed by atoms with Crippen molar-refractivity contribution < 1.29 is 0 Å². The maximum Gasteiger partial charge on any atom is 0.131 e. The van der Waals surface area contributed by atoms with E-state index in [0.29, 0.717) is 0 Å². The van der Waals surface area contributed by atoms with Gasteiger partial charge in [-0.25, -0.2) is 9.97 Å². The molecule has 13 heavy (non-hydrogen) atoms. The van der Waals surface area contributed by atoms with E-state index in [-0.39, 0.29) is 6.04 Å². The van der Waals surface area contributed by atoms with Crippen LogP contribution in [0.4, 0.5) is 5.82 Å². The second-order valence-corrected chi connectivity index (χ2v) is 3.44. The summed E-state index contributed by atoms with van der Waals surface area (Å²) in [6.07, 6.45) is 2.37. The molecule has 1 atom stereocenters. The second kappa shape index (κ2) is 4.18. The van der Waals surface area contributed by atoms with Gasteiger partial charge < -0.3 is 10.6 Å². The molecule has 72 valence electrons. The molecule has 0 saturated heterocycles. The van der Waals surface area contributed by atoms with Crippen LogP contribution in [0.15, 0.2) is 12.4 Å². The van der Waals surface area contributed by atoms with Gasteiger partial charge >= 0.3 is 0 Å². The Bertz CT molecular complexity index is 270. The quantitative estimate of drug-likeness (QED) is 0.733. The van der Waals surface area contributed by atoms with E-state index in [0.717, 1.165) is 17.9 Å². The van der Waals surface area contributed by atoms with Crippen molar-refractivity contribution in [1.29, 1.82) is 0 Å². The normalized spacial score (nSPS) is 12.6. The summed E-state index contributed by atoms with van der Waals surface area (Å²) >= 11 is 0. The van der Waals surface area contributed by atoms with E-state index >= 15 is 0 Å². The molecule has 4 heteroatoms. The minimum absolute atomic E-state index is 0.143. The highest BCUT2D eigenvalue weighted by atomic mass is 15.1. The summed E-state index contributed by atoms with van der Waals surface area (Å²) < 4.78 is 0. The summed E-state index contributed by atoms with van der Waals surface area (Å²) in [5.41, 5.74) is 6.67. The first-order chi connectivity index (χ1) is 6.09. The average Bonchev–Trinajstić information content (AvgIpc) is 2.03. The van der Waals surface area contributed by atoms with Crippen molar-refractivity contribution in [3.8, 4) is 0 Å². The monoisotopic (exact) mass is 180 g/mol. The number of anilines is 1. The van der Waals surface area contributed by atoms with Gasteiger partial charge in [-0.1, -0.05) is 0 Å². The van der Waals surface area contributed by atoms with Gasteiger partial charge in [-0.15, -0.1) is 0 Å². The molecule has 2 N–H and O–H groups in total. The first kappa shape index (κ1) is 9.92. The zero-order valence-corrected chi connectivity index (χ0v) is 8.36. The van der Waals surface area contributed by atoms with Gasteiger partial charge in [-0.3, -0.25) is 0 Å². The van der Waals surface area contributed by atoms with Crippen LogP contribution >= 0.6 is 0 Å². The van der Waals surface area contributed by atoms with Crippen molar-refractivity contribution in [3.63, 3.8) is 0 Å². The molecule has 0 amide bonds. The smallest absolute Gasteiger partial charge is 0.131 e. The highest BCUT2D eigenvalue weighted by molar-refractivity contribution is 5.36. The highest BCUT2D eigenvalue weighted by Crippen LogP contribution is 2.07. The van der Waals surface area contributed by atoms with Crippen LogP contribution in [0.5, 0.6) is 0 Å². The summed E-state index contributed by atoms with van der Waals surface area (Å²) in [6, 6.07) is 2.11. The molecule has 0 fully saturated rings. The zero-order chi connectivity index (χ0) is 9.84. The van der Waals surface area contributed by atoms with E-state index < -0.39 is 0 Å². The Hall–Kier alpha value is -1.16. The summed E-state index contributed by atoms with van der Waals surface area (Å²) in [6.45, 7) is 1.97. The third kappa shape index (κ3) is 2.99. The second-order valence-electron chi connectivity index (χ2n) is 3.44. The van der Waals surface area contributed by atoms with Crippen molar-refractivity contribution in [2.24, 2.45) is 5.73 Å². The fourth-order valence-electron chi connectivity index (χ4n) is 1.07. The summed E-state index contributed by atoms with van der Waals surface area (Å²) in [4.78, 5) is 10.2. The first-order valence-corrected chi connectivity index (χ1v) is 4.33. The minimum Gasteiger partial charge on any atom is -0.363 e. The number of rotatable bonds is 3. The molecule has 1 unspecified atom stereocenters. The average molecular weight is 180 g/mol. The minimum atomic E-state index is 0.143. The molecule has 0 aliphatic rings. The van der Waals surface area contributed by atoms with Gasteiger partial charge in [-0.05, 0) is 6.92 Å².